The van der Waals surface area contributed by atoms with Gasteiger partial charge >= 0.3 is 0 Å². The molecular weight excluding hydrogens is 308 g/mol. The zero-order chi connectivity index (χ0) is 16.7. The highest BCUT2D eigenvalue weighted by molar-refractivity contribution is 6.30. The Morgan fingerprint density at radius 1 is 1.17 bits per heavy atom. The first-order valence-corrected chi connectivity index (χ1v) is 8.11. The van der Waals surface area contributed by atoms with Crippen LogP contribution in [0.25, 0.3) is 0 Å². The van der Waals surface area contributed by atoms with Crippen LogP contribution < -0.4 is 5.73 Å². The number of nitrogens with zero attached hydrogens (tertiary/aromatic N) is 1. The summed E-state index contributed by atoms with van der Waals surface area (Å²) in [5, 5.41) is 0.721. The lowest BCUT2D eigenvalue weighted by Gasteiger charge is -2.11. The van der Waals surface area contributed by atoms with Crippen molar-refractivity contribution in [3.63, 3.8) is 0 Å². The molecule has 2 aromatic rings. The lowest BCUT2D eigenvalue weighted by molar-refractivity contribution is 0.0593. The van der Waals surface area contributed by atoms with E-state index in [9.17, 15) is 0 Å². The van der Waals surface area contributed by atoms with E-state index in [0.717, 1.165) is 10.6 Å². The fourth-order valence-electron chi connectivity index (χ4n) is 2.25. The molecule has 0 heterocycles. The van der Waals surface area contributed by atoms with Gasteiger partial charge in [-0.2, -0.15) is 0 Å². The maximum atomic E-state index is 6.01. The molecule has 0 bridgehead atoms. The summed E-state index contributed by atoms with van der Waals surface area (Å²) in [6, 6.07) is 16.0. The number of hydrogen-bond acceptors (Lipinski definition) is 2. The summed E-state index contributed by atoms with van der Waals surface area (Å²) in [6.45, 7) is 5.14. The van der Waals surface area contributed by atoms with E-state index in [4.69, 9.17) is 22.1 Å². The Morgan fingerprint density at radius 2 is 1.91 bits per heavy atom. The van der Waals surface area contributed by atoms with Crippen LogP contribution >= 0.6 is 11.6 Å². The van der Waals surface area contributed by atoms with Crippen LogP contribution in [0.5, 0.6) is 0 Å². The highest BCUT2D eigenvalue weighted by Crippen LogP contribution is 2.12. The third-order valence-electron chi connectivity index (χ3n) is 3.44. The molecule has 2 rings (SSSR count). The molecule has 0 aliphatic carbocycles. The summed E-state index contributed by atoms with van der Waals surface area (Å²) >= 11 is 5.96. The smallest absolute Gasteiger partial charge is 0.0982 e. The number of nitrogens with two attached hydrogens (primary N) is 1. The third-order valence-corrected chi connectivity index (χ3v) is 3.68. The molecule has 0 aliphatic heterocycles. The molecule has 2 N–H and O–H groups in total. The number of amidine groups is 1. The minimum atomic E-state index is 0.00467. The van der Waals surface area contributed by atoms with Crippen molar-refractivity contribution in [1.29, 1.82) is 0 Å². The van der Waals surface area contributed by atoms with Crippen molar-refractivity contribution < 1.29 is 4.74 Å². The van der Waals surface area contributed by atoms with Gasteiger partial charge in [-0.25, -0.2) is 0 Å². The van der Waals surface area contributed by atoms with Gasteiger partial charge in [0, 0.05) is 11.4 Å². The maximum Gasteiger partial charge on any atom is 0.0982 e. The van der Waals surface area contributed by atoms with Crippen molar-refractivity contribution in [3.8, 4) is 0 Å². The van der Waals surface area contributed by atoms with Crippen LogP contribution in [0.15, 0.2) is 53.5 Å². The summed E-state index contributed by atoms with van der Waals surface area (Å²) < 4.78 is 5.78. The van der Waals surface area contributed by atoms with Gasteiger partial charge in [-0.15, -0.1) is 0 Å². The number of aliphatic imine (C=N–C) groups is 1. The second-order valence-corrected chi connectivity index (χ2v) is 6.19. The summed E-state index contributed by atoms with van der Waals surface area (Å²) in [7, 11) is 0. The van der Waals surface area contributed by atoms with Gasteiger partial charge in [-0.05, 0) is 37.1 Å². The first-order valence-electron chi connectivity index (χ1n) is 7.73. The number of ether oxygens (including phenoxy) is 1. The van der Waals surface area contributed by atoms with Crippen LogP contribution in [0.4, 0.5) is 0 Å². The van der Waals surface area contributed by atoms with Crippen molar-refractivity contribution in [1.82, 2.24) is 0 Å². The highest BCUT2D eigenvalue weighted by Gasteiger charge is 2.04. The van der Waals surface area contributed by atoms with Gasteiger partial charge in [-0.1, -0.05) is 53.6 Å². The Balaban J connectivity index is 1.79. The number of halogens is 1. The van der Waals surface area contributed by atoms with Crippen LogP contribution in [-0.2, 0) is 17.8 Å². The summed E-state index contributed by atoms with van der Waals surface area (Å²) in [4.78, 5) is 4.42. The van der Waals surface area contributed by atoms with Gasteiger partial charge in [0.05, 0.1) is 25.1 Å². The quantitative estimate of drug-likeness (QED) is 0.612. The number of rotatable bonds is 7. The van der Waals surface area contributed by atoms with E-state index in [1.54, 1.807) is 0 Å². The maximum absolute atomic E-state index is 6.01. The minimum Gasteiger partial charge on any atom is -0.387 e. The van der Waals surface area contributed by atoms with Crippen molar-refractivity contribution in [2.24, 2.45) is 10.7 Å². The zero-order valence-electron chi connectivity index (χ0n) is 13.6. The first kappa shape index (κ1) is 17.5. The summed E-state index contributed by atoms with van der Waals surface area (Å²) in [6.07, 6.45) is 0.674. The van der Waals surface area contributed by atoms with E-state index in [1.807, 2.05) is 37.3 Å². The molecule has 0 aliphatic rings. The molecule has 0 spiro atoms. The Hall–Kier alpha value is -1.84. The molecular formula is C19H23ClN2O. The van der Waals surface area contributed by atoms with E-state index >= 15 is 0 Å². The fraction of sp³-hybridized carbons (Fsp3) is 0.316. The molecule has 0 aromatic heterocycles. The Labute approximate surface area is 143 Å². The van der Waals surface area contributed by atoms with E-state index in [-0.39, 0.29) is 6.10 Å². The third kappa shape index (κ3) is 6.43. The van der Waals surface area contributed by atoms with Crippen molar-refractivity contribution in [2.45, 2.75) is 33.0 Å². The Morgan fingerprint density at radius 3 is 2.65 bits per heavy atom. The van der Waals surface area contributed by atoms with Gasteiger partial charge < -0.3 is 10.5 Å². The fourth-order valence-corrected chi connectivity index (χ4v) is 2.46. The van der Waals surface area contributed by atoms with Crippen molar-refractivity contribution in [3.05, 3.63) is 70.2 Å². The summed E-state index contributed by atoms with van der Waals surface area (Å²) in [5.41, 5.74) is 9.47. The monoisotopic (exact) mass is 330 g/mol. The number of benzene rings is 2. The molecule has 1 atom stereocenters. The van der Waals surface area contributed by atoms with E-state index in [1.165, 1.54) is 11.1 Å². The second kappa shape index (κ2) is 8.70. The lowest BCUT2D eigenvalue weighted by atomic mass is 10.1. The molecule has 1 unspecified atom stereocenters. The Bertz CT molecular complexity index is 670. The average molecular weight is 331 g/mol. The molecule has 0 saturated heterocycles. The van der Waals surface area contributed by atoms with Crippen LogP contribution in [-0.4, -0.2) is 18.5 Å². The lowest BCUT2D eigenvalue weighted by Crippen LogP contribution is -2.19. The Kier molecular flexibility index (Phi) is 6.63. The topological polar surface area (TPSA) is 47.6 Å². The predicted molar refractivity (Wildman–Crippen MR) is 97.1 cm³/mol. The van der Waals surface area contributed by atoms with Gasteiger partial charge in [0.25, 0.3) is 0 Å². The molecule has 0 fully saturated rings. The van der Waals surface area contributed by atoms with Crippen LogP contribution in [0.2, 0.25) is 5.02 Å². The van der Waals surface area contributed by atoms with E-state index < -0.39 is 0 Å². The van der Waals surface area contributed by atoms with Crippen molar-refractivity contribution in [2.75, 3.05) is 6.54 Å². The second-order valence-electron chi connectivity index (χ2n) is 5.75. The summed E-state index contributed by atoms with van der Waals surface area (Å²) in [5.74, 6) is 0.633. The minimum absolute atomic E-state index is 0.00467. The SMILES string of the molecule is Cc1cccc(CC(N)=NCC(C)OCc2cccc(Cl)c2)c1. The highest BCUT2D eigenvalue weighted by atomic mass is 35.5. The van der Waals surface area contributed by atoms with E-state index in [0.29, 0.717) is 25.4 Å². The molecule has 4 heteroatoms. The predicted octanol–water partition coefficient (Wildman–Crippen LogP) is 4.15. The van der Waals surface area contributed by atoms with E-state index in [2.05, 4.69) is 30.1 Å². The standard InChI is InChI=1S/C19H23ClN2O/c1-14-5-3-6-16(9-14)11-19(21)22-12-15(2)23-13-17-7-4-8-18(20)10-17/h3-10,15H,11-13H2,1-2H3,(H2,21,22). The van der Waals surface area contributed by atoms with Gasteiger partial charge in [0.1, 0.15) is 0 Å². The normalized spacial score (nSPS) is 13.1. The largest absolute Gasteiger partial charge is 0.387 e. The van der Waals surface area contributed by atoms with Crippen LogP contribution in [0.1, 0.15) is 23.6 Å². The molecule has 0 radical (unpaired) electrons. The average Bonchev–Trinajstić information content (AvgIpc) is 2.51. The van der Waals surface area contributed by atoms with Gasteiger partial charge in [0.2, 0.25) is 0 Å². The van der Waals surface area contributed by atoms with Crippen LogP contribution in [0.3, 0.4) is 0 Å². The van der Waals surface area contributed by atoms with Gasteiger partial charge in [-0.3, -0.25) is 4.99 Å². The number of hydrogen-bond donors (Lipinski definition) is 1. The molecule has 0 amide bonds. The van der Waals surface area contributed by atoms with Gasteiger partial charge in [0.15, 0.2) is 0 Å². The molecule has 122 valence electrons. The molecule has 2 aromatic carbocycles. The number of aryl methyl sites for hydroxylation is 1. The molecule has 3 nitrogen and oxygen atoms in total. The van der Waals surface area contributed by atoms with Crippen LogP contribution in [0, 0.1) is 6.92 Å². The first-order chi connectivity index (χ1) is 11.0. The molecule has 0 saturated carbocycles. The van der Waals surface area contributed by atoms with Crippen molar-refractivity contribution >= 4 is 17.4 Å². The molecule has 23 heavy (non-hydrogen) atoms. The zero-order valence-corrected chi connectivity index (χ0v) is 14.4.